The fourth-order valence-electron chi connectivity index (χ4n) is 2.38. The molecule has 0 bridgehead atoms. The van der Waals surface area contributed by atoms with E-state index in [4.69, 9.17) is 10.3 Å². The summed E-state index contributed by atoms with van der Waals surface area (Å²) in [5.74, 6) is 0.327. The Morgan fingerprint density at radius 1 is 1.05 bits per heavy atom. The number of nitrogens with zero attached hydrogens (tertiary/aromatic N) is 3. The molecule has 0 radical (unpaired) electrons. The van der Waals surface area contributed by atoms with Gasteiger partial charge in [0.1, 0.15) is 0 Å². The molecule has 0 aliphatic rings. The molecule has 1 heterocycles. The Morgan fingerprint density at radius 3 is 2.36 bits per heavy atom. The molecule has 0 aliphatic heterocycles. The standard InChI is InChI=1S/C17H19N4O/c1-20(2)15-10-8-14(9-11-15)16-17(18)22-19-21(16)12-13-6-4-3-5-7-13/h3-11H,12,18H2,1-2H3/q+1. The molecule has 0 amide bonds. The van der Waals surface area contributed by atoms with Gasteiger partial charge in [0.25, 0.3) is 0 Å². The third kappa shape index (κ3) is 2.79. The van der Waals surface area contributed by atoms with Gasteiger partial charge < -0.3 is 10.6 Å². The number of aromatic nitrogens is 2. The molecule has 2 aromatic carbocycles. The van der Waals surface area contributed by atoms with Crippen LogP contribution in [0.4, 0.5) is 11.6 Å². The highest BCUT2D eigenvalue weighted by molar-refractivity contribution is 5.67. The molecule has 112 valence electrons. The van der Waals surface area contributed by atoms with Gasteiger partial charge in [-0.1, -0.05) is 30.3 Å². The van der Waals surface area contributed by atoms with Crippen LogP contribution in [0, 0.1) is 0 Å². The highest BCUT2D eigenvalue weighted by atomic mass is 16.5. The van der Waals surface area contributed by atoms with Crippen molar-refractivity contribution in [1.29, 1.82) is 0 Å². The first-order valence-corrected chi connectivity index (χ1v) is 7.12. The quantitative estimate of drug-likeness (QED) is 0.751. The fraction of sp³-hybridized carbons (Fsp3) is 0.176. The summed E-state index contributed by atoms with van der Waals surface area (Å²) >= 11 is 0. The maximum absolute atomic E-state index is 5.96. The summed E-state index contributed by atoms with van der Waals surface area (Å²) in [6.45, 7) is 0.617. The summed E-state index contributed by atoms with van der Waals surface area (Å²) in [4.78, 5) is 2.05. The van der Waals surface area contributed by atoms with Crippen LogP contribution in [0.2, 0.25) is 0 Å². The van der Waals surface area contributed by atoms with E-state index in [0.717, 1.165) is 22.5 Å². The summed E-state index contributed by atoms with van der Waals surface area (Å²) in [7, 11) is 4.02. The van der Waals surface area contributed by atoms with Gasteiger partial charge in [0.15, 0.2) is 0 Å². The Hall–Kier alpha value is -2.82. The fourth-order valence-corrected chi connectivity index (χ4v) is 2.38. The van der Waals surface area contributed by atoms with Gasteiger partial charge in [0.05, 0.1) is 5.56 Å². The Labute approximate surface area is 129 Å². The van der Waals surface area contributed by atoms with Crippen LogP contribution < -0.4 is 15.3 Å². The SMILES string of the molecule is CN(C)c1ccc(-c2c(N)on[n+]2Cc2ccccc2)cc1. The first kappa shape index (κ1) is 14.1. The molecular formula is C17H19N4O+. The Morgan fingerprint density at radius 2 is 1.73 bits per heavy atom. The molecule has 5 heteroatoms. The topological polar surface area (TPSA) is 59.2 Å². The van der Waals surface area contributed by atoms with Crippen molar-refractivity contribution in [2.45, 2.75) is 6.54 Å². The van der Waals surface area contributed by atoms with E-state index in [1.54, 1.807) is 4.68 Å². The summed E-state index contributed by atoms with van der Waals surface area (Å²) in [5, 5.41) is 4.05. The van der Waals surface area contributed by atoms with E-state index in [0.29, 0.717) is 12.4 Å². The lowest BCUT2D eigenvalue weighted by atomic mass is 10.1. The maximum atomic E-state index is 5.96. The van der Waals surface area contributed by atoms with E-state index in [2.05, 4.69) is 34.4 Å². The second-order valence-electron chi connectivity index (χ2n) is 5.37. The highest BCUT2D eigenvalue weighted by Gasteiger charge is 2.24. The van der Waals surface area contributed by atoms with Crippen molar-refractivity contribution in [3.8, 4) is 11.3 Å². The van der Waals surface area contributed by atoms with E-state index in [9.17, 15) is 0 Å². The van der Waals surface area contributed by atoms with Crippen molar-refractivity contribution in [2.75, 3.05) is 24.7 Å². The largest absolute Gasteiger partial charge is 0.378 e. The molecule has 0 saturated carbocycles. The lowest BCUT2D eigenvalue weighted by molar-refractivity contribution is -0.745. The van der Waals surface area contributed by atoms with E-state index >= 15 is 0 Å². The Kier molecular flexibility index (Phi) is 3.78. The number of nitrogen functional groups attached to an aromatic ring is 1. The molecule has 1 aromatic heterocycles. The maximum Gasteiger partial charge on any atom is 0.305 e. The zero-order valence-electron chi connectivity index (χ0n) is 12.7. The summed E-state index contributed by atoms with van der Waals surface area (Å²) < 4.78 is 6.97. The second-order valence-corrected chi connectivity index (χ2v) is 5.37. The summed E-state index contributed by atoms with van der Waals surface area (Å²) in [6.07, 6.45) is 0. The van der Waals surface area contributed by atoms with Crippen molar-refractivity contribution < 1.29 is 9.20 Å². The van der Waals surface area contributed by atoms with E-state index in [1.165, 1.54) is 0 Å². The number of hydrogen-bond donors (Lipinski definition) is 1. The van der Waals surface area contributed by atoms with Gasteiger partial charge in [0, 0.05) is 25.3 Å². The third-order valence-corrected chi connectivity index (χ3v) is 3.56. The van der Waals surface area contributed by atoms with E-state index in [-0.39, 0.29) is 0 Å². The van der Waals surface area contributed by atoms with Gasteiger partial charge in [-0.15, -0.1) is 0 Å². The molecule has 0 aliphatic carbocycles. The van der Waals surface area contributed by atoms with Gasteiger partial charge in [0.2, 0.25) is 11.8 Å². The van der Waals surface area contributed by atoms with Gasteiger partial charge in [-0.05, 0) is 28.9 Å². The number of rotatable bonds is 4. The molecule has 3 rings (SSSR count). The molecule has 0 spiro atoms. The van der Waals surface area contributed by atoms with Gasteiger partial charge in [-0.25, -0.2) is 0 Å². The Bertz CT molecular complexity index is 748. The first-order chi connectivity index (χ1) is 10.6. The van der Waals surface area contributed by atoms with Gasteiger partial charge in [-0.2, -0.15) is 0 Å². The monoisotopic (exact) mass is 295 g/mol. The minimum absolute atomic E-state index is 0.327. The lowest BCUT2D eigenvalue weighted by Gasteiger charge is -2.11. The van der Waals surface area contributed by atoms with Crippen molar-refractivity contribution >= 4 is 11.6 Å². The van der Waals surface area contributed by atoms with Crippen LogP contribution in [-0.4, -0.2) is 19.4 Å². The molecule has 22 heavy (non-hydrogen) atoms. The third-order valence-electron chi connectivity index (χ3n) is 3.56. The molecule has 5 nitrogen and oxygen atoms in total. The minimum Gasteiger partial charge on any atom is -0.378 e. The van der Waals surface area contributed by atoms with Gasteiger partial charge in [-0.3, -0.25) is 4.52 Å². The number of hydrogen-bond acceptors (Lipinski definition) is 4. The number of anilines is 2. The zero-order valence-corrected chi connectivity index (χ0v) is 12.7. The van der Waals surface area contributed by atoms with Crippen LogP contribution in [-0.2, 0) is 6.54 Å². The summed E-state index contributed by atoms with van der Waals surface area (Å²) in [6, 6.07) is 18.3. The minimum atomic E-state index is 0.327. The zero-order chi connectivity index (χ0) is 15.5. The first-order valence-electron chi connectivity index (χ1n) is 7.12. The normalized spacial score (nSPS) is 10.6. The van der Waals surface area contributed by atoms with Crippen molar-refractivity contribution in [3.63, 3.8) is 0 Å². The van der Waals surface area contributed by atoms with Crippen LogP contribution in [0.15, 0.2) is 59.1 Å². The number of benzene rings is 2. The molecule has 2 N–H and O–H groups in total. The van der Waals surface area contributed by atoms with E-state index in [1.807, 2.05) is 44.4 Å². The predicted octanol–water partition coefficient (Wildman–Crippen LogP) is 2.33. The molecule has 0 fully saturated rings. The van der Waals surface area contributed by atoms with Crippen LogP contribution >= 0.6 is 0 Å². The van der Waals surface area contributed by atoms with Crippen molar-refractivity contribution in [2.24, 2.45) is 0 Å². The summed E-state index contributed by atoms with van der Waals surface area (Å²) in [5.41, 5.74) is 10.0. The number of nitrogens with two attached hydrogens (primary N) is 1. The molecule has 0 atom stereocenters. The van der Waals surface area contributed by atoms with Gasteiger partial charge >= 0.3 is 11.6 Å². The van der Waals surface area contributed by atoms with E-state index < -0.39 is 0 Å². The molecular weight excluding hydrogens is 276 g/mol. The molecule has 3 aromatic rings. The molecule has 0 saturated heterocycles. The van der Waals surface area contributed by atoms with Crippen LogP contribution in [0.5, 0.6) is 0 Å². The average molecular weight is 295 g/mol. The smallest absolute Gasteiger partial charge is 0.305 e. The second kappa shape index (κ2) is 5.89. The predicted molar refractivity (Wildman–Crippen MR) is 86.4 cm³/mol. The Balaban J connectivity index is 1.95. The lowest BCUT2D eigenvalue weighted by Crippen LogP contribution is -2.38. The van der Waals surface area contributed by atoms with Crippen molar-refractivity contribution in [3.05, 3.63) is 60.2 Å². The highest BCUT2D eigenvalue weighted by Crippen LogP contribution is 2.24. The van der Waals surface area contributed by atoms with Crippen LogP contribution in [0.3, 0.4) is 0 Å². The van der Waals surface area contributed by atoms with Crippen LogP contribution in [0.25, 0.3) is 11.3 Å². The molecule has 0 unspecified atom stereocenters. The van der Waals surface area contributed by atoms with Crippen molar-refractivity contribution in [1.82, 2.24) is 5.27 Å². The average Bonchev–Trinajstić information content (AvgIpc) is 2.89. The van der Waals surface area contributed by atoms with Crippen LogP contribution in [0.1, 0.15) is 5.56 Å².